The van der Waals surface area contributed by atoms with Gasteiger partial charge >= 0.3 is 18.5 Å². The molecule has 5 nitrogen and oxygen atoms in total. The summed E-state index contributed by atoms with van der Waals surface area (Å²) in [6.07, 6.45) is -9.39. The second-order valence-electron chi connectivity index (χ2n) is 8.97. The fraction of sp³-hybridized carbons (Fsp3) is 0.167. The molecule has 11 heteroatoms. The normalized spacial score (nSPS) is 11.7. The van der Waals surface area contributed by atoms with Gasteiger partial charge in [0, 0.05) is 0 Å². The van der Waals surface area contributed by atoms with E-state index in [1.54, 1.807) is 49.4 Å². The molecule has 214 valence electrons. The molecule has 0 aromatic heterocycles. The molecule has 0 bridgehead atoms. The molecule has 0 amide bonds. The number of ether oxygens (including phenoxy) is 3. The van der Waals surface area contributed by atoms with Crippen LogP contribution in [-0.2, 0) is 17.6 Å². The Kier molecular flexibility index (Phi) is 8.46. The Morgan fingerprint density at radius 1 is 0.732 bits per heavy atom. The fourth-order valence-electron chi connectivity index (χ4n) is 4.01. The van der Waals surface area contributed by atoms with Gasteiger partial charge in [0.25, 0.3) is 0 Å². The van der Waals surface area contributed by atoms with Crippen molar-refractivity contribution in [2.75, 3.05) is 6.61 Å². The highest BCUT2D eigenvalue weighted by Crippen LogP contribution is 2.35. The average Bonchev–Trinajstić information content (AvgIpc) is 2.90. The van der Waals surface area contributed by atoms with E-state index in [4.69, 9.17) is 14.6 Å². The third kappa shape index (κ3) is 8.17. The van der Waals surface area contributed by atoms with Crippen molar-refractivity contribution in [2.45, 2.75) is 26.1 Å². The van der Waals surface area contributed by atoms with Crippen molar-refractivity contribution in [3.05, 3.63) is 102 Å². The van der Waals surface area contributed by atoms with Crippen molar-refractivity contribution in [1.29, 1.82) is 0 Å². The van der Waals surface area contributed by atoms with Gasteiger partial charge < -0.3 is 19.3 Å². The van der Waals surface area contributed by atoms with Crippen LogP contribution >= 0.6 is 0 Å². The number of alkyl halides is 6. The van der Waals surface area contributed by atoms with Gasteiger partial charge in [-0.15, -0.1) is 13.2 Å². The zero-order valence-corrected chi connectivity index (χ0v) is 21.3. The minimum atomic E-state index is -4.88. The molecule has 0 spiro atoms. The van der Waals surface area contributed by atoms with Crippen molar-refractivity contribution in [2.24, 2.45) is 0 Å². The summed E-state index contributed by atoms with van der Waals surface area (Å²) in [5.41, 5.74) is 2.25. The van der Waals surface area contributed by atoms with E-state index in [9.17, 15) is 31.1 Å². The third-order valence-electron chi connectivity index (χ3n) is 5.84. The summed E-state index contributed by atoms with van der Waals surface area (Å²) in [6, 6.07) is 19.7. The second-order valence-corrected chi connectivity index (χ2v) is 8.97. The first-order valence-electron chi connectivity index (χ1n) is 12.0. The summed E-state index contributed by atoms with van der Waals surface area (Å²) in [7, 11) is 0. The Morgan fingerprint density at radius 3 is 2.02 bits per heavy atom. The number of rotatable bonds is 9. The fourth-order valence-corrected chi connectivity index (χ4v) is 4.01. The molecule has 4 rings (SSSR count). The summed E-state index contributed by atoms with van der Waals surface area (Å²) in [4.78, 5) is 10.8. The molecule has 0 atom stereocenters. The number of halogens is 6. The molecule has 0 aliphatic heterocycles. The molecule has 0 fully saturated rings. The van der Waals surface area contributed by atoms with Gasteiger partial charge in [-0.2, -0.15) is 13.2 Å². The minimum absolute atomic E-state index is 0.00891. The monoisotopic (exact) mass is 576 g/mol. The van der Waals surface area contributed by atoms with Crippen LogP contribution in [0.3, 0.4) is 0 Å². The van der Waals surface area contributed by atoms with Gasteiger partial charge in [-0.3, -0.25) is 0 Å². The molecule has 0 aliphatic carbocycles. The van der Waals surface area contributed by atoms with Gasteiger partial charge in [0.2, 0.25) is 0 Å². The number of hydrogen-bond donors (Lipinski definition) is 1. The van der Waals surface area contributed by atoms with Gasteiger partial charge in [-0.05, 0) is 101 Å². The van der Waals surface area contributed by atoms with E-state index in [2.05, 4.69) is 4.74 Å². The van der Waals surface area contributed by atoms with E-state index in [1.807, 2.05) is 0 Å². The Morgan fingerprint density at radius 2 is 1.41 bits per heavy atom. The van der Waals surface area contributed by atoms with E-state index < -0.39 is 36.4 Å². The molecule has 0 saturated heterocycles. The van der Waals surface area contributed by atoms with Crippen LogP contribution in [0.2, 0.25) is 0 Å². The van der Waals surface area contributed by atoms with Crippen molar-refractivity contribution < 1.29 is 50.5 Å². The molecular formula is C30H22F6O5. The topological polar surface area (TPSA) is 65.0 Å². The quantitative estimate of drug-likeness (QED) is 0.203. The molecule has 41 heavy (non-hydrogen) atoms. The molecular weight excluding hydrogens is 554 g/mol. The van der Waals surface area contributed by atoms with Crippen LogP contribution < -0.4 is 14.2 Å². The molecule has 0 aliphatic rings. The van der Waals surface area contributed by atoms with Gasteiger partial charge in [0.15, 0.2) is 6.61 Å². The lowest BCUT2D eigenvalue weighted by Crippen LogP contribution is -2.17. The third-order valence-corrected chi connectivity index (χ3v) is 5.84. The molecule has 4 aromatic rings. The van der Waals surface area contributed by atoms with Crippen molar-refractivity contribution >= 4 is 5.97 Å². The van der Waals surface area contributed by atoms with E-state index in [0.29, 0.717) is 44.9 Å². The Bertz CT molecular complexity index is 1530. The second kappa shape index (κ2) is 11.8. The zero-order chi connectivity index (χ0) is 29.8. The number of hydrogen-bond acceptors (Lipinski definition) is 4. The molecule has 1 N–H and O–H groups in total. The molecule has 0 unspecified atom stereocenters. The van der Waals surface area contributed by atoms with E-state index in [0.717, 1.165) is 18.2 Å². The van der Waals surface area contributed by atoms with Gasteiger partial charge in [0.05, 0.1) is 5.56 Å². The minimum Gasteiger partial charge on any atom is -0.489 e. The number of aryl methyl sites for hydroxylation is 1. The predicted molar refractivity (Wildman–Crippen MR) is 138 cm³/mol. The Labute approximate surface area is 230 Å². The lowest BCUT2D eigenvalue weighted by atomic mass is 9.95. The summed E-state index contributed by atoms with van der Waals surface area (Å²) in [6.45, 7) is 1.22. The van der Waals surface area contributed by atoms with Crippen LogP contribution in [0.4, 0.5) is 26.3 Å². The van der Waals surface area contributed by atoms with Crippen molar-refractivity contribution in [3.8, 4) is 39.5 Å². The van der Waals surface area contributed by atoms with E-state index in [1.165, 1.54) is 24.3 Å². The van der Waals surface area contributed by atoms with Crippen LogP contribution in [0.1, 0.15) is 16.7 Å². The Balaban J connectivity index is 1.66. The Hall–Kier alpha value is -4.67. The average molecular weight is 576 g/mol. The maximum atomic E-state index is 13.1. The number of benzene rings is 4. The summed E-state index contributed by atoms with van der Waals surface area (Å²) in [5, 5.41) is 8.80. The van der Waals surface area contributed by atoms with Gasteiger partial charge in [0.1, 0.15) is 23.9 Å². The SMILES string of the molecule is Cc1cc(OCc2cc(-c3ccc(C(F)(F)F)cc3)cc(-c3cccc(OC(F)(F)F)c3)c2)ccc1OCC(=O)O. The highest BCUT2D eigenvalue weighted by atomic mass is 19.4. The summed E-state index contributed by atoms with van der Waals surface area (Å²) < 4.78 is 92.7. The predicted octanol–water partition coefficient (Wildman–Crippen LogP) is 8.29. The smallest absolute Gasteiger partial charge is 0.489 e. The van der Waals surface area contributed by atoms with Crippen molar-refractivity contribution in [1.82, 2.24) is 0 Å². The van der Waals surface area contributed by atoms with E-state index >= 15 is 0 Å². The van der Waals surface area contributed by atoms with E-state index in [-0.39, 0.29) is 6.61 Å². The highest BCUT2D eigenvalue weighted by molar-refractivity contribution is 5.75. The lowest BCUT2D eigenvalue weighted by molar-refractivity contribution is -0.274. The first-order chi connectivity index (χ1) is 19.3. The first-order valence-corrected chi connectivity index (χ1v) is 12.0. The van der Waals surface area contributed by atoms with Gasteiger partial charge in [-0.1, -0.05) is 24.3 Å². The molecule has 4 aromatic carbocycles. The van der Waals surface area contributed by atoms with Crippen LogP contribution in [0.5, 0.6) is 17.2 Å². The van der Waals surface area contributed by atoms with Crippen LogP contribution in [0.15, 0.2) is 84.9 Å². The maximum absolute atomic E-state index is 13.1. The maximum Gasteiger partial charge on any atom is 0.573 e. The number of aliphatic carboxylic acids is 1. The van der Waals surface area contributed by atoms with Gasteiger partial charge in [-0.25, -0.2) is 4.79 Å². The molecule has 0 radical (unpaired) electrons. The molecule has 0 heterocycles. The zero-order valence-electron chi connectivity index (χ0n) is 21.3. The van der Waals surface area contributed by atoms with Crippen LogP contribution in [0, 0.1) is 6.92 Å². The largest absolute Gasteiger partial charge is 0.573 e. The molecule has 0 saturated carbocycles. The van der Waals surface area contributed by atoms with Crippen LogP contribution in [0.25, 0.3) is 22.3 Å². The summed E-state index contributed by atoms with van der Waals surface area (Å²) >= 11 is 0. The number of carboxylic acid groups (broad SMARTS) is 1. The first kappa shape index (κ1) is 29.3. The highest BCUT2D eigenvalue weighted by Gasteiger charge is 2.31. The standard InChI is InChI=1S/C30H22F6O5/c1-18-11-25(9-10-27(18)40-17-28(37)38)39-16-19-12-22(20-5-7-24(8-6-20)29(31,32)33)14-23(13-19)21-3-2-4-26(15-21)41-30(34,35)36/h2-15H,16-17H2,1H3,(H,37,38). The summed E-state index contributed by atoms with van der Waals surface area (Å²) in [5.74, 6) is -0.739. The van der Waals surface area contributed by atoms with Crippen LogP contribution in [-0.4, -0.2) is 24.0 Å². The lowest BCUT2D eigenvalue weighted by Gasteiger charge is -2.15. The van der Waals surface area contributed by atoms with Crippen molar-refractivity contribution in [3.63, 3.8) is 0 Å². The number of carbonyl (C=O) groups is 1. The number of carboxylic acids is 1.